The number of rotatable bonds is 6. The second kappa shape index (κ2) is 6.71. The van der Waals surface area contributed by atoms with E-state index in [4.69, 9.17) is 15.2 Å². The molecule has 4 heteroatoms. The molecule has 0 atom stereocenters. The minimum absolute atomic E-state index is 0.225. The van der Waals surface area contributed by atoms with Crippen LogP contribution in [0.2, 0.25) is 0 Å². The molecule has 4 nitrogen and oxygen atoms in total. The Morgan fingerprint density at radius 1 is 1.25 bits per heavy atom. The maximum absolute atomic E-state index is 11.1. The molecule has 0 aliphatic rings. The molecular weight excluding hydrogens is 206 g/mol. The first kappa shape index (κ1) is 12.4. The molecule has 0 saturated carbocycles. The lowest BCUT2D eigenvalue weighted by Gasteiger charge is -2.06. The van der Waals surface area contributed by atoms with Gasteiger partial charge < -0.3 is 15.2 Å². The summed E-state index contributed by atoms with van der Waals surface area (Å²) in [5.74, 6) is 0.481. The molecular formula is C12H17NO3. The number of anilines is 1. The van der Waals surface area contributed by atoms with Crippen molar-refractivity contribution in [3.8, 4) is 5.75 Å². The number of esters is 1. The van der Waals surface area contributed by atoms with E-state index in [9.17, 15) is 4.79 Å². The monoisotopic (exact) mass is 223 g/mol. The Morgan fingerprint density at radius 2 is 1.94 bits per heavy atom. The average Bonchev–Trinajstić information content (AvgIpc) is 2.29. The second-order valence-electron chi connectivity index (χ2n) is 3.39. The summed E-state index contributed by atoms with van der Waals surface area (Å²) in [7, 11) is 0. The molecule has 88 valence electrons. The van der Waals surface area contributed by atoms with Crippen molar-refractivity contribution in [1.29, 1.82) is 0 Å². The van der Waals surface area contributed by atoms with Crippen LogP contribution in [0.5, 0.6) is 5.75 Å². The predicted octanol–water partition coefficient (Wildman–Crippen LogP) is 1.99. The number of ether oxygens (including phenoxy) is 2. The Kier molecular flexibility index (Phi) is 5.19. The highest BCUT2D eigenvalue weighted by molar-refractivity contribution is 5.69. The van der Waals surface area contributed by atoms with Crippen molar-refractivity contribution in [2.75, 3.05) is 18.9 Å². The van der Waals surface area contributed by atoms with E-state index in [0.29, 0.717) is 24.7 Å². The first-order valence-corrected chi connectivity index (χ1v) is 5.36. The molecule has 0 aliphatic heterocycles. The first-order valence-electron chi connectivity index (χ1n) is 5.36. The fraction of sp³-hybridized carbons (Fsp3) is 0.417. The SMILES string of the molecule is CCCOC(=O)CCOc1ccc(N)cc1. The van der Waals surface area contributed by atoms with Crippen LogP contribution >= 0.6 is 0 Å². The number of nitrogen functional groups attached to an aromatic ring is 1. The van der Waals surface area contributed by atoms with E-state index >= 15 is 0 Å². The smallest absolute Gasteiger partial charge is 0.309 e. The van der Waals surface area contributed by atoms with E-state index in [1.54, 1.807) is 24.3 Å². The lowest BCUT2D eigenvalue weighted by Crippen LogP contribution is -2.10. The van der Waals surface area contributed by atoms with E-state index in [1.165, 1.54) is 0 Å². The van der Waals surface area contributed by atoms with Gasteiger partial charge in [0.15, 0.2) is 0 Å². The summed E-state index contributed by atoms with van der Waals surface area (Å²) in [5, 5.41) is 0. The molecule has 1 rings (SSSR count). The number of carbonyl (C=O) groups excluding carboxylic acids is 1. The quantitative estimate of drug-likeness (QED) is 0.591. The average molecular weight is 223 g/mol. The Hall–Kier alpha value is -1.71. The highest BCUT2D eigenvalue weighted by atomic mass is 16.5. The molecule has 0 radical (unpaired) electrons. The topological polar surface area (TPSA) is 61.5 Å². The molecule has 0 fully saturated rings. The predicted molar refractivity (Wildman–Crippen MR) is 62.2 cm³/mol. The number of carbonyl (C=O) groups is 1. The summed E-state index contributed by atoms with van der Waals surface area (Å²) in [5.41, 5.74) is 6.22. The summed E-state index contributed by atoms with van der Waals surface area (Å²) in [4.78, 5) is 11.1. The summed E-state index contributed by atoms with van der Waals surface area (Å²) in [6, 6.07) is 7.05. The van der Waals surface area contributed by atoms with Gasteiger partial charge in [0.05, 0.1) is 19.6 Å². The number of hydrogen-bond donors (Lipinski definition) is 1. The van der Waals surface area contributed by atoms with Gasteiger partial charge in [-0.25, -0.2) is 0 Å². The summed E-state index contributed by atoms with van der Waals surface area (Å²) >= 11 is 0. The second-order valence-corrected chi connectivity index (χ2v) is 3.39. The number of nitrogens with two attached hydrogens (primary N) is 1. The number of hydrogen-bond acceptors (Lipinski definition) is 4. The maximum atomic E-state index is 11.1. The van der Waals surface area contributed by atoms with Crippen molar-refractivity contribution in [3.63, 3.8) is 0 Å². The third kappa shape index (κ3) is 4.68. The van der Waals surface area contributed by atoms with Gasteiger partial charge in [0.2, 0.25) is 0 Å². The third-order valence-electron chi connectivity index (χ3n) is 1.92. The van der Waals surface area contributed by atoms with Crippen LogP contribution in [0.3, 0.4) is 0 Å². The van der Waals surface area contributed by atoms with E-state index < -0.39 is 0 Å². The molecule has 0 aliphatic carbocycles. The largest absolute Gasteiger partial charge is 0.493 e. The highest BCUT2D eigenvalue weighted by Crippen LogP contribution is 2.13. The zero-order chi connectivity index (χ0) is 11.8. The van der Waals surface area contributed by atoms with Gasteiger partial charge in [0.1, 0.15) is 5.75 Å². The molecule has 1 aromatic rings. The minimum Gasteiger partial charge on any atom is -0.493 e. The van der Waals surface area contributed by atoms with Gasteiger partial charge in [-0.1, -0.05) is 6.92 Å². The van der Waals surface area contributed by atoms with Crippen molar-refractivity contribution in [1.82, 2.24) is 0 Å². The normalized spacial score (nSPS) is 9.81. The van der Waals surface area contributed by atoms with Crippen molar-refractivity contribution in [2.24, 2.45) is 0 Å². The molecule has 2 N–H and O–H groups in total. The molecule has 0 heterocycles. The van der Waals surface area contributed by atoms with Crippen molar-refractivity contribution in [2.45, 2.75) is 19.8 Å². The molecule has 16 heavy (non-hydrogen) atoms. The van der Waals surface area contributed by atoms with Crippen LogP contribution in [0, 0.1) is 0 Å². The van der Waals surface area contributed by atoms with Crippen LogP contribution in [0.4, 0.5) is 5.69 Å². The van der Waals surface area contributed by atoms with Gasteiger partial charge in [-0.05, 0) is 30.7 Å². The van der Waals surface area contributed by atoms with Crippen LogP contribution in [-0.4, -0.2) is 19.2 Å². The first-order chi connectivity index (χ1) is 7.72. The van der Waals surface area contributed by atoms with Crippen LogP contribution < -0.4 is 10.5 Å². The van der Waals surface area contributed by atoms with Gasteiger partial charge in [-0.3, -0.25) is 4.79 Å². The van der Waals surface area contributed by atoms with Gasteiger partial charge in [0, 0.05) is 5.69 Å². The van der Waals surface area contributed by atoms with Crippen molar-refractivity contribution >= 4 is 11.7 Å². The molecule has 0 aromatic heterocycles. The van der Waals surface area contributed by atoms with Gasteiger partial charge in [-0.2, -0.15) is 0 Å². The molecule has 0 saturated heterocycles. The van der Waals surface area contributed by atoms with E-state index in [0.717, 1.165) is 6.42 Å². The zero-order valence-electron chi connectivity index (χ0n) is 9.44. The van der Waals surface area contributed by atoms with E-state index in [1.807, 2.05) is 6.92 Å². The van der Waals surface area contributed by atoms with Crippen LogP contribution in [0.1, 0.15) is 19.8 Å². The molecule has 0 spiro atoms. The summed E-state index contributed by atoms with van der Waals surface area (Å²) in [6.45, 7) is 2.76. The highest BCUT2D eigenvalue weighted by Gasteiger charge is 2.02. The minimum atomic E-state index is -0.225. The van der Waals surface area contributed by atoms with E-state index in [2.05, 4.69) is 0 Å². The molecule has 0 bridgehead atoms. The zero-order valence-corrected chi connectivity index (χ0v) is 9.44. The van der Waals surface area contributed by atoms with Gasteiger partial charge in [-0.15, -0.1) is 0 Å². The van der Waals surface area contributed by atoms with Crippen LogP contribution in [0.25, 0.3) is 0 Å². The number of benzene rings is 1. The lowest BCUT2D eigenvalue weighted by atomic mass is 10.3. The molecule has 0 unspecified atom stereocenters. The van der Waals surface area contributed by atoms with Crippen molar-refractivity contribution < 1.29 is 14.3 Å². The van der Waals surface area contributed by atoms with Gasteiger partial charge in [0.25, 0.3) is 0 Å². The third-order valence-corrected chi connectivity index (χ3v) is 1.92. The van der Waals surface area contributed by atoms with Gasteiger partial charge >= 0.3 is 5.97 Å². The Bertz CT molecular complexity index is 322. The van der Waals surface area contributed by atoms with E-state index in [-0.39, 0.29) is 12.4 Å². The standard InChI is InChI=1S/C12H17NO3/c1-2-8-16-12(14)7-9-15-11-5-3-10(13)4-6-11/h3-6H,2,7-9,13H2,1H3. The maximum Gasteiger partial charge on any atom is 0.309 e. The Labute approximate surface area is 95.3 Å². The summed E-state index contributed by atoms with van der Waals surface area (Å²) < 4.78 is 10.3. The fourth-order valence-electron chi connectivity index (χ4n) is 1.10. The van der Waals surface area contributed by atoms with Crippen molar-refractivity contribution in [3.05, 3.63) is 24.3 Å². The lowest BCUT2D eigenvalue weighted by molar-refractivity contribution is -0.144. The van der Waals surface area contributed by atoms with Crippen LogP contribution in [-0.2, 0) is 9.53 Å². The Morgan fingerprint density at radius 3 is 2.56 bits per heavy atom. The fourth-order valence-corrected chi connectivity index (χ4v) is 1.10. The summed E-state index contributed by atoms with van der Waals surface area (Å²) in [6.07, 6.45) is 1.11. The molecule has 0 amide bonds. The molecule has 1 aromatic carbocycles. The van der Waals surface area contributed by atoms with Crippen LogP contribution in [0.15, 0.2) is 24.3 Å². The Balaban J connectivity index is 2.20.